The molecule has 2 heterocycles. The van der Waals surface area contributed by atoms with Gasteiger partial charge in [0.2, 0.25) is 0 Å². The number of esters is 2. The van der Waals surface area contributed by atoms with Gasteiger partial charge in [-0.3, -0.25) is 4.79 Å². The zero-order valence-corrected chi connectivity index (χ0v) is 26.3. The fraction of sp³-hybridized carbons (Fsp3) is 0.867. The lowest BCUT2D eigenvalue weighted by molar-refractivity contribution is -0.143. The van der Waals surface area contributed by atoms with E-state index in [9.17, 15) is 9.59 Å². The maximum absolute atomic E-state index is 11.4. The Morgan fingerprint density at radius 3 is 1.55 bits per heavy atom. The van der Waals surface area contributed by atoms with Crippen molar-refractivity contribution < 1.29 is 27.9 Å². The molecule has 2 aliphatic heterocycles. The zero-order chi connectivity index (χ0) is 27.6. The van der Waals surface area contributed by atoms with Crippen LogP contribution in [0.4, 0.5) is 0 Å². The maximum Gasteiger partial charge on any atom is 0.330 e. The Kier molecular flexibility index (Phi) is 32.6. The van der Waals surface area contributed by atoms with Gasteiger partial charge in [-0.1, -0.05) is 36.3 Å². The summed E-state index contributed by atoms with van der Waals surface area (Å²) in [5.74, 6) is -0.412. The molecule has 1 N–H and O–H groups in total. The monoisotopic (exact) mass is 610 g/mol. The molecule has 0 saturated carbocycles. The third-order valence-electron chi connectivity index (χ3n) is 5.05. The average Bonchev–Trinajstić information content (AvgIpc) is 3.63. The van der Waals surface area contributed by atoms with E-state index in [0.717, 1.165) is 44.6 Å². The summed E-state index contributed by atoms with van der Waals surface area (Å²) in [6, 6.07) is 2.06. The van der Waals surface area contributed by atoms with Crippen LogP contribution < -0.4 is 5.32 Å². The molecule has 0 amide bonds. The molecule has 2 aliphatic rings. The van der Waals surface area contributed by atoms with E-state index >= 15 is 0 Å². The predicted octanol–water partition coefficient (Wildman–Crippen LogP) is 7.13. The number of hydrogen-bond donors (Lipinski definition) is 1. The molecule has 0 spiro atoms. The van der Waals surface area contributed by atoms with E-state index in [2.05, 4.69) is 56.8 Å². The second kappa shape index (κ2) is 26.8. The molecule has 2 saturated heterocycles. The van der Waals surface area contributed by atoms with Gasteiger partial charge in [-0.05, 0) is 78.8 Å². The summed E-state index contributed by atoms with van der Waals surface area (Å²) in [4.78, 5) is 24.4. The van der Waals surface area contributed by atoms with Crippen molar-refractivity contribution in [2.24, 2.45) is 0 Å². The fourth-order valence-corrected chi connectivity index (χ4v) is 8.20. The fourth-order valence-electron chi connectivity index (χ4n) is 3.42. The summed E-state index contributed by atoms with van der Waals surface area (Å²) >= 11 is 0. The van der Waals surface area contributed by atoms with Gasteiger partial charge < -0.3 is 28.5 Å². The lowest BCUT2D eigenvalue weighted by Gasteiger charge is -2.25. The van der Waals surface area contributed by atoms with Gasteiger partial charge in [0.25, 0.3) is 0 Å². The minimum Gasteiger partial charge on any atom is -0.466 e. The first kappa shape index (κ1) is 48.7. The van der Waals surface area contributed by atoms with Crippen molar-refractivity contribution in [3.63, 3.8) is 0 Å². The molecule has 10 heteroatoms. The molecular weight excluding hydrogens is 541 g/mol. The minimum absolute atomic E-state index is 0. The molecule has 0 atom stereocenters. The number of hydrogen-bond acceptors (Lipinski definition) is 8. The summed E-state index contributed by atoms with van der Waals surface area (Å²) < 4.78 is 21.9. The van der Waals surface area contributed by atoms with E-state index in [-0.39, 0.29) is 47.7 Å². The van der Waals surface area contributed by atoms with Crippen molar-refractivity contribution in [2.75, 3.05) is 45.9 Å². The standard InChI is InChI=1S/C13H27NO3Si.C11H22O3Si.C2H5N.4CH4/c1-12(2)17-18(3,4)11-5-10-16-13(15)6-7-14-8-9-14;1-6-11(12)13-8-7-9-15(4,5)14-10(2)3;1-2-3-1;;;;/h12H,5-11H2,1-4H3;6,10H,1,7-9H2,2-5H3;3H,1-2H2;4*1H4. The first-order valence-corrected chi connectivity index (χ1v) is 19.7. The van der Waals surface area contributed by atoms with Gasteiger partial charge in [0.05, 0.1) is 19.6 Å². The van der Waals surface area contributed by atoms with Crippen molar-refractivity contribution in [1.29, 1.82) is 0 Å². The number of ether oxygens (including phenoxy) is 2. The Morgan fingerprint density at radius 1 is 0.825 bits per heavy atom. The normalized spacial score (nSPS) is 13.3. The number of nitrogens with one attached hydrogen (secondary N) is 1. The highest BCUT2D eigenvalue weighted by Gasteiger charge is 2.24. The van der Waals surface area contributed by atoms with Crippen LogP contribution >= 0.6 is 0 Å². The summed E-state index contributed by atoms with van der Waals surface area (Å²) in [7, 11) is -3.13. The number of carbonyl (C=O) groups excluding carboxylic acids is 2. The van der Waals surface area contributed by atoms with E-state index in [1.165, 1.54) is 19.2 Å². The van der Waals surface area contributed by atoms with Crippen LogP contribution in [0.15, 0.2) is 12.7 Å². The van der Waals surface area contributed by atoms with Crippen LogP contribution in [-0.2, 0) is 27.9 Å². The van der Waals surface area contributed by atoms with E-state index in [0.29, 0.717) is 25.7 Å². The van der Waals surface area contributed by atoms with Crippen molar-refractivity contribution in [2.45, 2.75) is 127 Å². The van der Waals surface area contributed by atoms with Crippen LogP contribution in [0.2, 0.25) is 38.3 Å². The summed E-state index contributed by atoms with van der Waals surface area (Å²) in [5.41, 5.74) is 0. The Labute approximate surface area is 252 Å². The van der Waals surface area contributed by atoms with E-state index < -0.39 is 16.6 Å². The van der Waals surface area contributed by atoms with Gasteiger partial charge in [-0.25, -0.2) is 4.79 Å². The smallest absolute Gasteiger partial charge is 0.330 e. The van der Waals surface area contributed by atoms with Crippen molar-refractivity contribution in [3.8, 4) is 0 Å². The number of nitrogens with zero attached hydrogens (tertiary/aromatic N) is 1. The Hall–Kier alpha value is -1.05. The van der Waals surface area contributed by atoms with E-state index in [4.69, 9.17) is 18.3 Å². The molecular formula is C30H70N2O6Si2. The maximum atomic E-state index is 11.4. The predicted molar refractivity (Wildman–Crippen MR) is 179 cm³/mol. The second-order valence-corrected chi connectivity index (χ2v) is 19.5. The molecule has 244 valence electrons. The summed E-state index contributed by atoms with van der Waals surface area (Å²) in [5, 5.41) is 3.00. The van der Waals surface area contributed by atoms with Crippen molar-refractivity contribution in [1.82, 2.24) is 10.2 Å². The molecule has 8 nitrogen and oxygen atoms in total. The summed E-state index contributed by atoms with van der Waals surface area (Å²) in [6.07, 6.45) is 4.08. The minimum atomic E-state index is -1.57. The highest BCUT2D eigenvalue weighted by molar-refractivity contribution is 6.71. The highest BCUT2D eigenvalue weighted by atomic mass is 28.4. The van der Waals surface area contributed by atoms with Gasteiger partial charge in [0.15, 0.2) is 16.6 Å². The highest BCUT2D eigenvalue weighted by Crippen LogP contribution is 2.17. The summed E-state index contributed by atoms with van der Waals surface area (Å²) in [6.45, 7) is 27.0. The van der Waals surface area contributed by atoms with Crippen LogP contribution in [0.25, 0.3) is 0 Å². The first-order chi connectivity index (χ1) is 16.8. The largest absolute Gasteiger partial charge is 0.466 e. The molecule has 40 heavy (non-hydrogen) atoms. The van der Waals surface area contributed by atoms with Gasteiger partial charge >= 0.3 is 11.9 Å². The zero-order valence-electron chi connectivity index (χ0n) is 24.3. The molecule has 2 rings (SSSR count). The Bertz CT molecular complexity index is 623. The van der Waals surface area contributed by atoms with E-state index in [1.54, 1.807) is 0 Å². The molecule has 0 bridgehead atoms. The number of rotatable bonds is 16. The first-order valence-electron chi connectivity index (χ1n) is 13.5. The molecule has 2 fully saturated rings. The van der Waals surface area contributed by atoms with Gasteiger partial charge in [-0.2, -0.15) is 0 Å². The average molecular weight is 611 g/mol. The van der Waals surface area contributed by atoms with Crippen LogP contribution in [0.3, 0.4) is 0 Å². The quantitative estimate of drug-likeness (QED) is 0.0648. The van der Waals surface area contributed by atoms with Crippen LogP contribution in [0, 0.1) is 0 Å². The second-order valence-electron chi connectivity index (χ2n) is 11.0. The van der Waals surface area contributed by atoms with E-state index in [1.807, 2.05) is 13.8 Å². The molecule has 0 aromatic rings. The topological polar surface area (TPSA) is 96.0 Å². The third kappa shape index (κ3) is 37.0. The lowest BCUT2D eigenvalue weighted by atomic mass is 10.4. The van der Waals surface area contributed by atoms with Gasteiger partial charge in [-0.15, -0.1) is 0 Å². The molecule has 0 unspecified atom stereocenters. The molecule has 0 aliphatic carbocycles. The molecule has 0 aromatic heterocycles. The third-order valence-corrected chi connectivity index (χ3v) is 10.4. The van der Waals surface area contributed by atoms with Gasteiger partial charge in [0, 0.05) is 51.0 Å². The van der Waals surface area contributed by atoms with Crippen molar-refractivity contribution >= 4 is 28.6 Å². The molecule has 0 radical (unpaired) electrons. The lowest BCUT2D eigenvalue weighted by Crippen LogP contribution is -2.33. The Balaban J connectivity index is -0.000000170. The van der Waals surface area contributed by atoms with Crippen LogP contribution in [-0.4, -0.2) is 91.6 Å². The molecule has 0 aromatic carbocycles. The Morgan fingerprint density at radius 2 is 1.23 bits per heavy atom. The SMILES string of the molecule is C.C.C.C.C1CN1.C=CC(=O)OCCC[Si](C)(C)OC(C)C.CC(C)O[Si](C)(C)CCCOC(=O)CCN1CC1. The van der Waals surface area contributed by atoms with Crippen molar-refractivity contribution in [3.05, 3.63) is 12.7 Å². The van der Waals surface area contributed by atoms with Gasteiger partial charge in [0.1, 0.15) is 0 Å². The van der Waals surface area contributed by atoms with Crippen LogP contribution in [0.5, 0.6) is 0 Å². The number of carbonyl (C=O) groups is 2. The van der Waals surface area contributed by atoms with Crippen LogP contribution in [0.1, 0.15) is 76.7 Å².